The molecule has 14 heavy (non-hydrogen) atoms. The van der Waals surface area contributed by atoms with Crippen LogP contribution in [0.25, 0.3) is 0 Å². The van der Waals surface area contributed by atoms with Gasteiger partial charge in [-0.15, -0.1) is 0 Å². The largest absolute Gasteiger partial charge is 0.467 e. The van der Waals surface area contributed by atoms with Crippen molar-refractivity contribution in [1.29, 1.82) is 0 Å². The van der Waals surface area contributed by atoms with Gasteiger partial charge in [0.25, 0.3) is 5.19 Å². The number of morpholine rings is 1. The lowest BCUT2D eigenvalue weighted by Gasteiger charge is -2.22. The van der Waals surface area contributed by atoms with Crippen LogP contribution in [0.15, 0.2) is 5.38 Å². The zero-order valence-corrected chi connectivity index (χ0v) is 9.11. The fraction of sp³-hybridized carbons (Fsp3) is 0.625. The molecule has 0 bridgehead atoms. The summed E-state index contributed by atoms with van der Waals surface area (Å²) in [6.45, 7) is 3.02. The van der Waals surface area contributed by atoms with Crippen molar-refractivity contribution in [2.24, 2.45) is 0 Å². The summed E-state index contributed by atoms with van der Waals surface area (Å²) in [6.07, 6.45) is 0.117. The van der Waals surface area contributed by atoms with Crippen LogP contribution in [0.4, 0.5) is 0 Å². The van der Waals surface area contributed by atoms with Crippen LogP contribution in [0.2, 0.25) is 5.15 Å². The van der Waals surface area contributed by atoms with E-state index in [-0.39, 0.29) is 6.10 Å². The molecule has 2 rings (SSSR count). The van der Waals surface area contributed by atoms with Gasteiger partial charge in [0.1, 0.15) is 17.9 Å². The van der Waals surface area contributed by atoms with Gasteiger partial charge >= 0.3 is 0 Å². The quantitative estimate of drug-likeness (QED) is 0.853. The highest BCUT2D eigenvalue weighted by Crippen LogP contribution is 2.21. The Morgan fingerprint density at radius 3 is 3.36 bits per heavy atom. The van der Waals surface area contributed by atoms with Crippen LogP contribution in [-0.4, -0.2) is 37.4 Å². The molecule has 0 radical (unpaired) electrons. The molecule has 1 aromatic rings. The Bertz CT molecular complexity index is 289. The number of rotatable bonds is 3. The minimum Gasteiger partial charge on any atom is -0.467 e. The third-order valence-electron chi connectivity index (χ3n) is 1.85. The molecule has 6 heteroatoms. The SMILES string of the molecule is Clc1csc(OCC2CNCCO2)n1. The van der Waals surface area contributed by atoms with Crippen LogP contribution in [0.3, 0.4) is 0 Å². The van der Waals surface area contributed by atoms with Gasteiger partial charge in [-0.25, -0.2) is 0 Å². The van der Waals surface area contributed by atoms with Crippen LogP contribution < -0.4 is 10.1 Å². The number of halogens is 1. The van der Waals surface area contributed by atoms with E-state index < -0.39 is 0 Å². The van der Waals surface area contributed by atoms with Crippen molar-refractivity contribution in [3.63, 3.8) is 0 Å². The first-order chi connectivity index (χ1) is 6.84. The molecule has 0 amide bonds. The zero-order chi connectivity index (χ0) is 9.80. The highest BCUT2D eigenvalue weighted by molar-refractivity contribution is 7.11. The first-order valence-corrected chi connectivity index (χ1v) is 5.66. The molecular formula is C8H11ClN2O2S. The highest BCUT2D eigenvalue weighted by atomic mass is 35.5. The lowest BCUT2D eigenvalue weighted by atomic mass is 10.3. The Hall–Kier alpha value is -0.360. The summed E-state index contributed by atoms with van der Waals surface area (Å²) < 4.78 is 10.9. The molecule has 1 aromatic heterocycles. The monoisotopic (exact) mass is 234 g/mol. The number of hydrogen-bond donors (Lipinski definition) is 1. The van der Waals surface area contributed by atoms with Crippen molar-refractivity contribution < 1.29 is 9.47 Å². The van der Waals surface area contributed by atoms with Gasteiger partial charge in [-0.2, -0.15) is 4.98 Å². The molecule has 1 aliphatic heterocycles. The fourth-order valence-electron chi connectivity index (χ4n) is 1.20. The van der Waals surface area contributed by atoms with E-state index in [1.54, 1.807) is 5.38 Å². The summed E-state index contributed by atoms with van der Waals surface area (Å²) in [4.78, 5) is 3.98. The van der Waals surface area contributed by atoms with Crippen molar-refractivity contribution in [3.8, 4) is 5.19 Å². The average molecular weight is 235 g/mol. The van der Waals surface area contributed by atoms with Crippen molar-refractivity contribution in [1.82, 2.24) is 10.3 Å². The third kappa shape index (κ3) is 2.81. The average Bonchev–Trinajstić information content (AvgIpc) is 2.63. The summed E-state index contributed by atoms with van der Waals surface area (Å²) in [7, 11) is 0. The normalized spacial score (nSPS) is 22.2. The van der Waals surface area contributed by atoms with Crippen LogP contribution in [-0.2, 0) is 4.74 Å². The van der Waals surface area contributed by atoms with Gasteiger partial charge in [-0.1, -0.05) is 22.9 Å². The number of nitrogens with one attached hydrogen (secondary N) is 1. The van der Waals surface area contributed by atoms with Crippen LogP contribution in [0.5, 0.6) is 5.19 Å². The third-order valence-corrected chi connectivity index (χ3v) is 2.93. The van der Waals surface area contributed by atoms with Gasteiger partial charge in [0, 0.05) is 18.5 Å². The van der Waals surface area contributed by atoms with Crippen molar-refractivity contribution >= 4 is 22.9 Å². The lowest BCUT2D eigenvalue weighted by Crippen LogP contribution is -2.41. The van der Waals surface area contributed by atoms with Crippen molar-refractivity contribution in [2.45, 2.75) is 6.10 Å². The van der Waals surface area contributed by atoms with Crippen LogP contribution in [0.1, 0.15) is 0 Å². The predicted octanol–water partition coefficient (Wildman–Crippen LogP) is 1.16. The molecule has 78 valence electrons. The fourth-order valence-corrected chi connectivity index (χ4v) is 1.99. The molecule has 2 heterocycles. The van der Waals surface area contributed by atoms with Crippen molar-refractivity contribution in [3.05, 3.63) is 10.5 Å². The molecule has 1 N–H and O–H groups in total. The van der Waals surface area contributed by atoms with Crippen molar-refractivity contribution in [2.75, 3.05) is 26.3 Å². The zero-order valence-electron chi connectivity index (χ0n) is 7.53. The second-order valence-corrected chi connectivity index (χ2v) is 4.15. The Morgan fingerprint density at radius 2 is 2.71 bits per heavy atom. The summed E-state index contributed by atoms with van der Waals surface area (Å²) in [5.74, 6) is 0. The molecule has 0 aromatic carbocycles. The number of nitrogens with zero attached hydrogens (tertiary/aromatic N) is 1. The maximum absolute atomic E-state index is 5.66. The van der Waals surface area contributed by atoms with Crippen LogP contribution in [0, 0.1) is 0 Å². The van der Waals surface area contributed by atoms with E-state index in [2.05, 4.69) is 10.3 Å². The van der Waals surface area contributed by atoms with Gasteiger partial charge in [-0.3, -0.25) is 0 Å². The number of thiazole rings is 1. The Morgan fingerprint density at radius 1 is 1.79 bits per heavy atom. The molecule has 0 saturated carbocycles. The van der Waals surface area contributed by atoms with Gasteiger partial charge < -0.3 is 14.8 Å². The van der Waals surface area contributed by atoms with E-state index in [9.17, 15) is 0 Å². The van der Waals surface area contributed by atoms with E-state index >= 15 is 0 Å². The van der Waals surface area contributed by atoms with Crippen LogP contribution >= 0.6 is 22.9 Å². The van der Waals surface area contributed by atoms with E-state index in [1.807, 2.05) is 0 Å². The summed E-state index contributed by atoms with van der Waals surface area (Å²) in [6, 6.07) is 0. The smallest absolute Gasteiger partial charge is 0.274 e. The Labute approximate surface area is 91.2 Å². The van der Waals surface area contributed by atoms with Gasteiger partial charge in [0.2, 0.25) is 0 Å². The van der Waals surface area contributed by atoms with E-state index in [0.29, 0.717) is 17.0 Å². The molecule has 0 spiro atoms. The maximum atomic E-state index is 5.66. The molecule has 1 fully saturated rings. The van der Waals surface area contributed by atoms with Gasteiger partial charge in [0.05, 0.1) is 6.61 Å². The number of ether oxygens (including phenoxy) is 2. The predicted molar refractivity (Wildman–Crippen MR) is 55.2 cm³/mol. The minimum atomic E-state index is 0.117. The van der Waals surface area contributed by atoms with E-state index in [4.69, 9.17) is 21.1 Å². The Kier molecular flexibility index (Phi) is 3.58. The van der Waals surface area contributed by atoms with E-state index in [0.717, 1.165) is 19.7 Å². The van der Waals surface area contributed by atoms with E-state index in [1.165, 1.54) is 11.3 Å². The second kappa shape index (κ2) is 4.93. The summed E-state index contributed by atoms with van der Waals surface area (Å²) in [5, 5.41) is 6.06. The highest BCUT2D eigenvalue weighted by Gasteiger charge is 2.14. The molecule has 1 unspecified atom stereocenters. The minimum absolute atomic E-state index is 0.117. The summed E-state index contributed by atoms with van der Waals surface area (Å²) in [5.41, 5.74) is 0. The second-order valence-electron chi connectivity index (χ2n) is 2.94. The number of hydrogen-bond acceptors (Lipinski definition) is 5. The first kappa shape index (κ1) is 10.2. The molecule has 4 nitrogen and oxygen atoms in total. The topological polar surface area (TPSA) is 43.4 Å². The standard InChI is InChI=1S/C8H11ClN2O2S/c9-7-5-14-8(11-7)13-4-6-3-10-1-2-12-6/h5-6,10H,1-4H2. The Balaban J connectivity index is 1.76. The molecule has 1 atom stereocenters. The molecule has 1 aliphatic rings. The number of aromatic nitrogens is 1. The van der Waals surface area contributed by atoms with Gasteiger partial charge in [0.15, 0.2) is 0 Å². The summed E-state index contributed by atoms with van der Waals surface area (Å²) >= 11 is 7.05. The first-order valence-electron chi connectivity index (χ1n) is 4.41. The lowest BCUT2D eigenvalue weighted by molar-refractivity contribution is 0.000156. The maximum Gasteiger partial charge on any atom is 0.274 e. The molecular weight excluding hydrogens is 224 g/mol. The molecule has 0 aliphatic carbocycles. The molecule has 1 saturated heterocycles. The van der Waals surface area contributed by atoms with Gasteiger partial charge in [-0.05, 0) is 0 Å².